The summed E-state index contributed by atoms with van der Waals surface area (Å²) in [5.41, 5.74) is 4.33. The Labute approximate surface area is 200 Å². The summed E-state index contributed by atoms with van der Waals surface area (Å²) in [6.45, 7) is 2.40. The third-order valence-corrected chi connectivity index (χ3v) is 6.36. The first-order valence-electron chi connectivity index (χ1n) is 11.0. The minimum atomic E-state index is -3.72. The molecule has 0 saturated carbocycles. The lowest BCUT2D eigenvalue weighted by atomic mass is 10.1. The van der Waals surface area contributed by atoms with E-state index < -0.39 is 21.7 Å². The predicted octanol–water partition coefficient (Wildman–Crippen LogP) is 1.71. The quantitative estimate of drug-likeness (QED) is 0.293. The topological polar surface area (TPSA) is 145 Å². The zero-order valence-electron chi connectivity index (χ0n) is 19.2. The van der Waals surface area contributed by atoms with Gasteiger partial charge in [-0.3, -0.25) is 29.6 Å². The van der Waals surface area contributed by atoms with Crippen LogP contribution in [0.5, 0.6) is 0 Å². The maximum atomic E-state index is 13.0. The largest absolute Gasteiger partial charge is 0.290 e. The molecule has 3 aromatic heterocycles. The number of rotatable bonds is 7. The van der Waals surface area contributed by atoms with E-state index in [2.05, 4.69) is 20.9 Å². The van der Waals surface area contributed by atoms with Gasteiger partial charge in [-0.15, -0.1) is 0 Å². The van der Waals surface area contributed by atoms with Gasteiger partial charge in [0.1, 0.15) is 0 Å². The molecule has 2 amide bonds. The van der Waals surface area contributed by atoms with Crippen LogP contribution in [-0.2, 0) is 16.4 Å². The Hall–Kier alpha value is -4.06. The van der Waals surface area contributed by atoms with Gasteiger partial charge in [0.2, 0.25) is 15.0 Å². The molecule has 0 atom stereocenters. The lowest BCUT2D eigenvalue weighted by Gasteiger charge is -2.11. The van der Waals surface area contributed by atoms with Crippen LogP contribution in [0.2, 0.25) is 0 Å². The number of aromatic nitrogens is 4. The molecule has 4 aromatic rings. The van der Waals surface area contributed by atoms with Gasteiger partial charge >= 0.3 is 0 Å². The summed E-state index contributed by atoms with van der Waals surface area (Å²) in [7, 11) is -3.72. The van der Waals surface area contributed by atoms with Gasteiger partial charge < -0.3 is 0 Å². The SMILES string of the molecule is CCCCCn1nc(C(=O)NNC(=O)c2nc(S(C)(=O)=O)n3ccccc23)c2ccccc2c1=O. The summed E-state index contributed by atoms with van der Waals surface area (Å²) in [5, 5.41) is 4.65. The summed E-state index contributed by atoms with van der Waals surface area (Å²) in [6.07, 6.45) is 5.07. The standard InChI is InChI=1S/C23H24N6O5S/c1-3-4-8-14-29-22(32)16-11-6-5-10-15(16)18(27-29)20(30)25-26-21(31)19-17-12-7-9-13-28(17)23(24-19)35(2,33)34/h5-7,9-13H,3-4,8,14H2,1-2H3,(H,25,30)(H,26,31). The van der Waals surface area contributed by atoms with Crippen molar-refractivity contribution in [3.8, 4) is 0 Å². The van der Waals surface area contributed by atoms with E-state index in [1.165, 1.54) is 15.3 Å². The smallest absolute Gasteiger partial charge is 0.290 e. The van der Waals surface area contributed by atoms with Crippen molar-refractivity contribution in [1.29, 1.82) is 0 Å². The van der Waals surface area contributed by atoms with Gasteiger partial charge in [0.05, 0.1) is 10.9 Å². The maximum Gasteiger partial charge on any atom is 0.290 e. The van der Waals surface area contributed by atoms with E-state index in [9.17, 15) is 22.8 Å². The first kappa shape index (κ1) is 24.1. The number of hydrogen-bond donors (Lipinski definition) is 2. The fourth-order valence-electron chi connectivity index (χ4n) is 3.74. The van der Waals surface area contributed by atoms with Crippen molar-refractivity contribution in [3.05, 3.63) is 70.4 Å². The van der Waals surface area contributed by atoms with Crippen molar-refractivity contribution in [2.75, 3.05) is 6.26 Å². The first-order valence-corrected chi connectivity index (χ1v) is 12.9. The zero-order valence-corrected chi connectivity index (χ0v) is 20.0. The van der Waals surface area contributed by atoms with Crippen LogP contribution in [0.25, 0.3) is 16.3 Å². The Balaban J connectivity index is 1.63. The van der Waals surface area contributed by atoms with Crippen molar-refractivity contribution < 1.29 is 18.0 Å². The van der Waals surface area contributed by atoms with E-state index in [4.69, 9.17) is 0 Å². The molecule has 11 nitrogen and oxygen atoms in total. The summed E-state index contributed by atoms with van der Waals surface area (Å²) in [5.74, 6) is -1.54. The molecule has 1 aromatic carbocycles. The highest BCUT2D eigenvalue weighted by Gasteiger charge is 2.24. The van der Waals surface area contributed by atoms with Crippen LogP contribution >= 0.6 is 0 Å². The number of hydrogen-bond acceptors (Lipinski definition) is 7. The van der Waals surface area contributed by atoms with Crippen molar-refractivity contribution >= 4 is 37.9 Å². The number of nitrogens with one attached hydrogen (secondary N) is 2. The van der Waals surface area contributed by atoms with Crippen LogP contribution in [0.1, 0.15) is 47.2 Å². The molecular formula is C23H24N6O5S. The van der Waals surface area contributed by atoms with Gasteiger partial charge in [-0.1, -0.05) is 44.0 Å². The third kappa shape index (κ3) is 4.78. The number of pyridine rings is 1. The number of imidazole rings is 1. The first-order chi connectivity index (χ1) is 16.7. The number of aryl methyl sites for hydroxylation is 1. The fraction of sp³-hybridized carbons (Fsp3) is 0.261. The number of amides is 2. The Morgan fingerprint density at radius 2 is 1.60 bits per heavy atom. The predicted molar refractivity (Wildman–Crippen MR) is 129 cm³/mol. The minimum absolute atomic E-state index is 0.0245. The lowest BCUT2D eigenvalue weighted by Crippen LogP contribution is -2.43. The summed E-state index contributed by atoms with van der Waals surface area (Å²) in [6, 6.07) is 11.4. The van der Waals surface area contributed by atoms with E-state index in [0.717, 1.165) is 25.5 Å². The average molecular weight is 497 g/mol. The van der Waals surface area contributed by atoms with Crippen molar-refractivity contribution in [1.82, 2.24) is 30.0 Å². The fourth-order valence-corrected chi connectivity index (χ4v) is 4.51. The van der Waals surface area contributed by atoms with Crippen LogP contribution in [0.4, 0.5) is 0 Å². The van der Waals surface area contributed by atoms with Crippen LogP contribution in [-0.4, -0.2) is 45.7 Å². The van der Waals surface area contributed by atoms with Crippen molar-refractivity contribution in [2.24, 2.45) is 0 Å². The second kappa shape index (κ2) is 9.66. The van der Waals surface area contributed by atoms with E-state index in [0.29, 0.717) is 17.3 Å². The maximum absolute atomic E-state index is 13.0. The van der Waals surface area contributed by atoms with Gasteiger partial charge in [-0.25, -0.2) is 18.1 Å². The molecule has 0 spiro atoms. The van der Waals surface area contributed by atoms with E-state index in [1.807, 2.05) is 6.92 Å². The number of carbonyl (C=O) groups excluding carboxylic acids is 2. The third-order valence-electron chi connectivity index (χ3n) is 5.41. The van der Waals surface area contributed by atoms with E-state index in [1.54, 1.807) is 42.5 Å². The highest BCUT2D eigenvalue weighted by atomic mass is 32.2. The Morgan fingerprint density at radius 1 is 0.943 bits per heavy atom. The molecule has 0 aliphatic carbocycles. The minimum Gasteiger partial charge on any atom is -0.290 e. The van der Waals surface area contributed by atoms with Crippen LogP contribution < -0.4 is 16.4 Å². The number of benzene rings is 1. The molecule has 4 rings (SSSR count). The average Bonchev–Trinajstić information content (AvgIpc) is 3.24. The highest BCUT2D eigenvalue weighted by Crippen LogP contribution is 2.17. The summed E-state index contributed by atoms with van der Waals surface area (Å²) in [4.78, 5) is 42.6. The Bertz CT molecular complexity index is 1610. The number of sulfone groups is 1. The molecule has 0 fully saturated rings. The number of unbranched alkanes of at least 4 members (excludes halogenated alkanes) is 2. The van der Waals surface area contributed by atoms with Gasteiger partial charge in [0.15, 0.2) is 11.4 Å². The lowest BCUT2D eigenvalue weighted by molar-refractivity contribution is 0.0842. The molecule has 0 bridgehead atoms. The Kier molecular flexibility index (Phi) is 6.65. The molecule has 182 valence electrons. The van der Waals surface area contributed by atoms with E-state index in [-0.39, 0.29) is 27.6 Å². The van der Waals surface area contributed by atoms with Crippen molar-refractivity contribution in [2.45, 2.75) is 37.9 Å². The Morgan fingerprint density at radius 3 is 2.29 bits per heavy atom. The van der Waals surface area contributed by atoms with Crippen LogP contribution in [0.3, 0.4) is 0 Å². The van der Waals surface area contributed by atoms with Crippen molar-refractivity contribution in [3.63, 3.8) is 0 Å². The molecular weight excluding hydrogens is 472 g/mol. The van der Waals surface area contributed by atoms with Gasteiger partial charge in [-0.05, 0) is 24.6 Å². The van der Waals surface area contributed by atoms with E-state index >= 15 is 0 Å². The molecule has 35 heavy (non-hydrogen) atoms. The van der Waals surface area contributed by atoms with Gasteiger partial charge in [-0.2, -0.15) is 5.10 Å². The summed E-state index contributed by atoms with van der Waals surface area (Å²) < 4.78 is 26.7. The van der Waals surface area contributed by atoms with Gasteiger partial charge in [0.25, 0.3) is 17.4 Å². The van der Waals surface area contributed by atoms with Gasteiger partial charge in [0, 0.05) is 24.4 Å². The molecule has 0 saturated heterocycles. The highest BCUT2D eigenvalue weighted by molar-refractivity contribution is 7.90. The van der Waals surface area contributed by atoms with Crippen LogP contribution in [0, 0.1) is 0 Å². The van der Waals surface area contributed by atoms with Crippen LogP contribution in [0.15, 0.2) is 58.6 Å². The number of carbonyl (C=O) groups is 2. The molecule has 12 heteroatoms. The number of hydrazine groups is 1. The molecule has 3 heterocycles. The molecule has 0 unspecified atom stereocenters. The second-order valence-electron chi connectivity index (χ2n) is 8.01. The zero-order chi connectivity index (χ0) is 25.2. The molecule has 2 N–H and O–H groups in total. The normalized spacial score (nSPS) is 11.6. The molecule has 0 aliphatic rings. The monoisotopic (exact) mass is 496 g/mol. The molecule has 0 radical (unpaired) electrons. The second-order valence-corrected chi connectivity index (χ2v) is 9.92. The molecule has 0 aliphatic heterocycles. The summed E-state index contributed by atoms with van der Waals surface area (Å²) >= 11 is 0. The number of nitrogens with zero attached hydrogens (tertiary/aromatic N) is 4. The number of fused-ring (bicyclic) bond motifs is 2.